The molecular weight excluding hydrogens is 430 g/mol. The first-order valence-corrected chi connectivity index (χ1v) is 11.6. The largest absolute Gasteiger partial charge is 0.508 e. The van der Waals surface area contributed by atoms with Crippen LogP contribution in [0.15, 0.2) is 54.7 Å². The van der Waals surface area contributed by atoms with Gasteiger partial charge in [0.05, 0.1) is 35.5 Å². The number of fused-ring (bicyclic) bond motifs is 2. The summed E-state index contributed by atoms with van der Waals surface area (Å²) in [7, 11) is 1.58. The highest BCUT2D eigenvalue weighted by atomic mass is 16.5. The van der Waals surface area contributed by atoms with E-state index in [1.807, 2.05) is 30.3 Å². The van der Waals surface area contributed by atoms with Crippen LogP contribution < -0.4 is 10.1 Å². The number of piperidine rings is 1. The van der Waals surface area contributed by atoms with Crippen molar-refractivity contribution in [1.82, 2.24) is 25.2 Å². The molecule has 4 heterocycles. The third-order valence-electron chi connectivity index (χ3n) is 6.48. The van der Waals surface area contributed by atoms with E-state index >= 15 is 0 Å². The van der Waals surface area contributed by atoms with Crippen LogP contribution in [0.4, 0.5) is 0 Å². The molecule has 3 N–H and O–H groups in total. The minimum Gasteiger partial charge on any atom is -0.508 e. The minimum absolute atomic E-state index is 0.255. The van der Waals surface area contributed by atoms with E-state index in [0.717, 1.165) is 53.6 Å². The molecule has 0 saturated carbocycles. The number of β-amino-alcohol motifs (C(OH)–C–C–N with tert-alkyl or cyclic N) is 1. The van der Waals surface area contributed by atoms with E-state index in [4.69, 9.17) is 4.74 Å². The Morgan fingerprint density at radius 3 is 2.71 bits per heavy atom. The monoisotopic (exact) mass is 459 g/mol. The highest BCUT2D eigenvalue weighted by Crippen LogP contribution is 2.25. The Hall–Kier alpha value is -3.33. The van der Waals surface area contributed by atoms with Crippen LogP contribution in [-0.4, -0.2) is 62.9 Å². The lowest BCUT2D eigenvalue weighted by Gasteiger charge is -2.33. The van der Waals surface area contributed by atoms with Crippen molar-refractivity contribution in [3.05, 3.63) is 66.0 Å². The molecule has 0 aliphatic carbocycles. The number of phenols is 1. The first-order valence-electron chi connectivity index (χ1n) is 11.6. The third-order valence-corrected chi connectivity index (χ3v) is 6.48. The molecule has 34 heavy (non-hydrogen) atoms. The topological polar surface area (TPSA) is 104 Å². The lowest BCUT2D eigenvalue weighted by molar-refractivity contribution is 0.0947. The van der Waals surface area contributed by atoms with Crippen molar-refractivity contribution in [3.63, 3.8) is 0 Å². The van der Waals surface area contributed by atoms with E-state index in [1.54, 1.807) is 31.5 Å². The van der Waals surface area contributed by atoms with Gasteiger partial charge in [0.2, 0.25) is 5.88 Å². The van der Waals surface area contributed by atoms with Gasteiger partial charge in [-0.25, -0.2) is 4.98 Å². The zero-order valence-electron chi connectivity index (χ0n) is 19.2. The fourth-order valence-corrected chi connectivity index (χ4v) is 4.58. The summed E-state index contributed by atoms with van der Waals surface area (Å²) in [4.78, 5) is 15.9. The van der Waals surface area contributed by atoms with Crippen LogP contribution in [0.5, 0.6) is 11.6 Å². The van der Waals surface area contributed by atoms with Crippen molar-refractivity contribution >= 4 is 21.9 Å². The smallest absolute Gasteiger partial charge is 0.213 e. The number of likely N-dealkylation sites (tertiary alicyclic amines) is 1. The summed E-state index contributed by atoms with van der Waals surface area (Å²) in [5.74, 6) is 0.769. The van der Waals surface area contributed by atoms with E-state index in [9.17, 15) is 10.2 Å². The van der Waals surface area contributed by atoms with E-state index in [-0.39, 0.29) is 5.75 Å². The number of hydrogen-bond donors (Lipinski definition) is 3. The molecular formula is C26H29N5O3. The third kappa shape index (κ3) is 4.94. The lowest BCUT2D eigenvalue weighted by atomic mass is 10.0. The lowest BCUT2D eigenvalue weighted by Crippen LogP contribution is -2.43. The van der Waals surface area contributed by atoms with Gasteiger partial charge in [-0.1, -0.05) is 6.07 Å². The summed E-state index contributed by atoms with van der Waals surface area (Å²) < 4.78 is 5.25. The molecule has 0 spiro atoms. The molecule has 176 valence electrons. The molecule has 0 amide bonds. The summed E-state index contributed by atoms with van der Waals surface area (Å²) in [6.07, 6.45) is 3.10. The van der Waals surface area contributed by atoms with Gasteiger partial charge in [-0.05, 0) is 62.3 Å². The number of rotatable bonds is 7. The maximum atomic E-state index is 11.0. The van der Waals surface area contributed by atoms with Crippen LogP contribution in [0.25, 0.3) is 21.9 Å². The van der Waals surface area contributed by atoms with Crippen molar-refractivity contribution in [2.75, 3.05) is 26.7 Å². The summed E-state index contributed by atoms with van der Waals surface area (Å²) in [6, 6.07) is 15.1. The van der Waals surface area contributed by atoms with Crippen LogP contribution in [0.1, 0.15) is 30.2 Å². The summed E-state index contributed by atoms with van der Waals surface area (Å²) in [5, 5.41) is 25.1. The van der Waals surface area contributed by atoms with Crippen LogP contribution >= 0.6 is 0 Å². The Morgan fingerprint density at radius 1 is 1.06 bits per heavy atom. The maximum absolute atomic E-state index is 11.0. The van der Waals surface area contributed by atoms with Crippen molar-refractivity contribution in [2.45, 2.75) is 31.5 Å². The SMILES string of the molecule is COc1ccc2nccc(C(O)CN3CCC(NCc4ccc5cc(O)ccc5n4)CC3)c2n1. The van der Waals surface area contributed by atoms with Crippen molar-refractivity contribution < 1.29 is 14.9 Å². The van der Waals surface area contributed by atoms with Crippen molar-refractivity contribution in [2.24, 2.45) is 0 Å². The first kappa shape index (κ1) is 22.5. The number of ether oxygens (including phenoxy) is 1. The van der Waals surface area contributed by atoms with Crippen LogP contribution in [0.3, 0.4) is 0 Å². The maximum Gasteiger partial charge on any atom is 0.213 e. The molecule has 1 aliphatic rings. The van der Waals surface area contributed by atoms with E-state index < -0.39 is 6.10 Å². The molecule has 8 nitrogen and oxygen atoms in total. The average Bonchev–Trinajstić information content (AvgIpc) is 2.87. The second kappa shape index (κ2) is 9.89. The van der Waals surface area contributed by atoms with Gasteiger partial charge in [-0.15, -0.1) is 0 Å². The molecule has 1 saturated heterocycles. The first-order chi connectivity index (χ1) is 16.6. The van der Waals surface area contributed by atoms with Gasteiger partial charge in [0.25, 0.3) is 0 Å². The number of nitrogens with one attached hydrogen (secondary N) is 1. The molecule has 4 aromatic rings. The number of aliphatic hydroxyl groups excluding tert-OH is 1. The molecule has 1 aliphatic heterocycles. The van der Waals surface area contributed by atoms with E-state index in [2.05, 4.69) is 25.2 Å². The number of aliphatic hydroxyl groups is 1. The molecule has 0 bridgehead atoms. The van der Waals surface area contributed by atoms with Crippen LogP contribution in [0.2, 0.25) is 0 Å². The highest BCUT2D eigenvalue weighted by molar-refractivity contribution is 5.80. The fraction of sp³-hybridized carbons (Fsp3) is 0.346. The van der Waals surface area contributed by atoms with E-state index in [1.165, 1.54) is 0 Å². The number of aromatic nitrogens is 3. The Kier molecular flexibility index (Phi) is 6.53. The van der Waals surface area contributed by atoms with Gasteiger partial charge < -0.3 is 25.2 Å². The Labute approximate surface area is 198 Å². The molecule has 1 atom stereocenters. The Morgan fingerprint density at radius 2 is 1.88 bits per heavy atom. The molecule has 3 aromatic heterocycles. The zero-order chi connectivity index (χ0) is 23.5. The second-order valence-corrected chi connectivity index (χ2v) is 8.77. The number of aromatic hydroxyl groups is 1. The summed E-state index contributed by atoms with van der Waals surface area (Å²) in [6.45, 7) is 3.10. The number of hydrogen-bond acceptors (Lipinski definition) is 8. The predicted molar refractivity (Wildman–Crippen MR) is 131 cm³/mol. The van der Waals surface area contributed by atoms with Gasteiger partial charge >= 0.3 is 0 Å². The quantitative estimate of drug-likeness (QED) is 0.387. The summed E-state index contributed by atoms with van der Waals surface area (Å²) in [5.41, 5.74) is 4.09. The number of pyridine rings is 3. The molecule has 0 radical (unpaired) electrons. The fourth-order valence-electron chi connectivity index (χ4n) is 4.58. The predicted octanol–water partition coefficient (Wildman–Crippen LogP) is 3.18. The van der Waals surface area contributed by atoms with Gasteiger partial charge in [0.1, 0.15) is 5.75 Å². The number of methoxy groups -OCH3 is 1. The minimum atomic E-state index is -0.643. The molecule has 1 aromatic carbocycles. The second-order valence-electron chi connectivity index (χ2n) is 8.77. The van der Waals surface area contributed by atoms with E-state index in [0.29, 0.717) is 30.5 Å². The van der Waals surface area contributed by atoms with Gasteiger partial charge in [-0.2, -0.15) is 0 Å². The van der Waals surface area contributed by atoms with Gasteiger partial charge in [-0.3, -0.25) is 9.97 Å². The zero-order valence-corrected chi connectivity index (χ0v) is 19.2. The average molecular weight is 460 g/mol. The number of benzene rings is 1. The molecule has 8 heteroatoms. The van der Waals surface area contributed by atoms with Crippen molar-refractivity contribution in [1.29, 1.82) is 0 Å². The summed E-state index contributed by atoms with van der Waals surface area (Å²) >= 11 is 0. The van der Waals surface area contributed by atoms with Crippen molar-refractivity contribution in [3.8, 4) is 11.6 Å². The molecule has 1 unspecified atom stereocenters. The van der Waals surface area contributed by atoms with Crippen LogP contribution in [0, 0.1) is 0 Å². The standard InChI is InChI=1S/C26H29N5O3/c1-34-25-7-6-23-26(30-25)21(8-11-27-23)24(33)16-31-12-9-18(10-13-31)28-15-19-3-2-17-14-20(32)4-5-22(17)29-19/h2-8,11,14,18,24,28,32-33H,9-10,12-13,15-16H2,1H3. The number of nitrogens with zero attached hydrogens (tertiary/aromatic N) is 4. The Bertz CT molecular complexity index is 1290. The molecule has 1 fully saturated rings. The number of phenolic OH excluding ortho intramolecular Hbond substituents is 1. The van der Waals surface area contributed by atoms with Gasteiger partial charge in [0.15, 0.2) is 0 Å². The normalized spacial score (nSPS) is 16.2. The van der Waals surface area contributed by atoms with Gasteiger partial charge in [0, 0.05) is 42.3 Å². The van der Waals surface area contributed by atoms with Crippen LogP contribution in [-0.2, 0) is 6.54 Å². The highest BCUT2D eigenvalue weighted by Gasteiger charge is 2.23. The molecule has 5 rings (SSSR count). The Balaban J connectivity index is 1.15.